The summed E-state index contributed by atoms with van der Waals surface area (Å²) in [5.74, 6) is 6.14. The average molecular weight is 244 g/mol. The van der Waals surface area contributed by atoms with E-state index < -0.39 is 0 Å². The second-order valence-electron chi connectivity index (χ2n) is 4.49. The molecule has 4 heteroatoms. The topological polar surface area (TPSA) is 62.2 Å². The second kappa shape index (κ2) is 5.65. The van der Waals surface area contributed by atoms with E-state index in [4.69, 9.17) is 5.11 Å². The number of amides is 1. The first-order valence-corrected chi connectivity index (χ1v) is 6.07. The number of nitrogens with zero attached hydrogens (tertiary/aromatic N) is 1. The average Bonchev–Trinajstić information content (AvgIpc) is 3.05. The monoisotopic (exact) mass is 244 g/mol. The SMILES string of the molecule is CC1CC1NC(=O)c1ccncc1C#CCCO. The molecule has 0 spiro atoms. The van der Waals surface area contributed by atoms with Gasteiger partial charge in [-0.25, -0.2) is 0 Å². The normalized spacial score (nSPS) is 20.8. The standard InChI is InChI=1S/C14H16N2O2/c1-10-8-13(10)16-14(18)12-5-6-15-9-11(12)4-2-3-7-17/h5-6,9-10,13,17H,3,7-8H2,1H3,(H,16,18). The van der Waals surface area contributed by atoms with Crippen molar-refractivity contribution in [3.63, 3.8) is 0 Å². The van der Waals surface area contributed by atoms with Crippen LogP contribution in [0.5, 0.6) is 0 Å². The summed E-state index contributed by atoms with van der Waals surface area (Å²) < 4.78 is 0. The van der Waals surface area contributed by atoms with Gasteiger partial charge >= 0.3 is 0 Å². The summed E-state index contributed by atoms with van der Waals surface area (Å²) in [5.41, 5.74) is 1.16. The Morgan fingerprint density at radius 2 is 2.44 bits per heavy atom. The largest absolute Gasteiger partial charge is 0.395 e. The van der Waals surface area contributed by atoms with Crippen molar-refractivity contribution in [2.75, 3.05) is 6.61 Å². The van der Waals surface area contributed by atoms with E-state index in [2.05, 4.69) is 29.1 Å². The van der Waals surface area contributed by atoms with Gasteiger partial charge in [0.25, 0.3) is 5.91 Å². The van der Waals surface area contributed by atoms with Gasteiger partial charge in [-0.3, -0.25) is 9.78 Å². The fourth-order valence-electron chi connectivity index (χ4n) is 1.67. The molecule has 0 aromatic carbocycles. The highest BCUT2D eigenvalue weighted by atomic mass is 16.2. The predicted octanol–water partition coefficient (Wildman–Crippen LogP) is 0.954. The van der Waals surface area contributed by atoms with Crippen molar-refractivity contribution < 1.29 is 9.90 Å². The zero-order valence-corrected chi connectivity index (χ0v) is 10.3. The molecule has 1 saturated carbocycles. The van der Waals surface area contributed by atoms with Gasteiger partial charge in [0.05, 0.1) is 17.7 Å². The maximum absolute atomic E-state index is 12.0. The van der Waals surface area contributed by atoms with E-state index in [9.17, 15) is 4.79 Å². The molecule has 1 aromatic rings. The molecule has 94 valence electrons. The first-order valence-electron chi connectivity index (χ1n) is 6.07. The number of aromatic nitrogens is 1. The van der Waals surface area contributed by atoms with Crippen molar-refractivity contribution >= 4 is 5.91 Å². The van der Waals surface area contributed by atoms with Crippen molar-refractivity contribution in [3.05, 3.63) is 29.6 Å². The van der Waals surface area contributed by atoms with Gasteiger partial charge in [0.2, 0.25) is 0 Å². The molecule has 2 rings (SSSR count). The van der Waals surface area contributed by atoms with E-state index in [1.54, 1.807) is 18.5 Å². The van der Waals surface area contributed by atoms with Gasteiger partial charge < -0.3 is 10.4 Å². The zero-order valence-electron chi connectivity index (χ0n) is 10.3. The lowest BCUT2D eigenvalue weighted by atomic mass is 10.1. The summed E-state index contributed by atoms with van der Waals surface area (Å²) in [7, 11) is 0. The fraction of sp³-hybridized carbons (Fsp3) is 0.429. The smallest absolute Gasteiger partial charge is 0.252 e. The van der Waals surface area contributed by atoms with E-state index >= 15 is 0 Å². The molecule has 1 fully saturated rings. The minimum Gasteiger partial charge on any atom is -0.395 e. The quantitative estimate of drug-likeness (QED) is 0.778. The Hall–Kier alpha value is -1.86. The summed E-state index contributed by atoms with van der Waals surface area (Å²) in [4.78, 5) is 16.0. The first-order chi connectivity index (χ1) is 8.72. The lowest BCUT2D eigenvalue weighted by Gasteiger charge is -2.05. The van der Waals surface area contributed by atoms with Gasteiger partial charge in [-0.1, -0.05) is 18.8 Å². The third kappa shape index (κ3) is 3.08. The van der Waals surface area contributed by atoms with Crippen molar-refractivity contribution in [1.82, 2.24) is 10.3 Å². The van der Waals surface area contributed by atoms with Crippen molar-refractivity contribution in [3.8, 4) is 11.8 Å². The molecule has 0 saturated heterocycles. The maximum atomic E-state index is 12.0. The summed E-state index contributed by atoms with van der Waals surface area (Å²) in [5, 5.41) is 11.6. The molecule has 1 heterocycles. The van der Waals surface area contributed by atoms with E-state index in [1.807, 2.05) is 0 Å². The second-order valence-corrected chi connectivity index (χ2v) is 4.49. The van der Waals surface area contributed by atoms with Gasteiger partial charge in [0.1, 0.15) is 0 Å². The van der Waals surface area contributed by atoms with Crippen molar-refractivity contribution in [2.45, 2.75) is 25.8 Å². The van der Waals surface area contributed by atoms with Crippen LogP contribution in [0.3, 0.4) is 0 Å². The number of aliphatic hydroxyl groups is 1. The number of carbonyl (C=O) groups is 1. The first kappa shape index (κ1) is 12.6. The molecule has 1 amide bonds. The molecule has 1 aliphatic rings. The number of nitrogens with one attached hydrogen (secondary N) is 1. The van der Waals surface area contributed by atoms with Crippen LogP contribution in [0.2, 0.25) is 0 Å². The molecule has 0 radical (unpaired) electrons. The van der Waals surface area contributed by atoms with Crippen LogP contribution in [-0.2, 0) is 0 Å². The number of carbonyl (C=O) groups excluding carboxylic acids is 1. The Morgan fingerprint density at radius 3 is 3.11 bits per heavy atom. The summed E-state index contributed by atoms with van der Waals surface area (Å²) in [6.07, 6.45) is 4.61. The number of rotatable bonds is 3. The Labute approximate surface area is 106 Å². The Bertz CT molecular complexity index is 502. The van der Waals surface area contributed by atoms with E-state index in [0.29, 0.717) is 29.5 Å². The lowest BCUT2D eigenvalue weighted by Crippen LogP contribution is -2.27. The molecule has 1 aromatic heterocycles. The van der Waals surface area contributed by atoms with Crippen LogP contribution in [0.4, 0.5) is 0 Å². The minimum atomic E-state index is -0.0972. The molecule has 2 atom stereocenters. The third-order valence-corrected chi connectivity index (χ3v) is 2.95. The third-order valence-electron chi connectivity index (χ3n) is 2.95. The highest BCUT2D eigenvalue weighted by Gasteiger charge is 2.34. The van der Waals surface area contributed by atoms with Crippen LogP contribution in [0, 0.1) is 17.8 Å². The fourth-order valence-corrected chi connectivity index (χ4v) is 1.67. The van der Waals surface area contributed by atoms with Crippen molar-refractivity contribution in [1.29, 1.82) is 0 Å². The van der Waals surface area contributed by atoms with Crippen LogP contribution < -0.4 is 5.32 Å². The molecule has 4 nitrogen and oxygen atoms in total. The molecular formula is C14H16N2O2. The zero-order chi connectivity index (χ0) is 13.0. The van der Waals surface area contributed by atoms with Crippen molar-refractivity contribution in [2.24, 2.45) is 5.92 Å². The maximum Gasteiger partial charge on any atom is 0.252 e. The molecular weight excluding hydrogens is 228 g/mol. The molecule has 0 aliphatic heterocycles. The number of aliphatic hydroxyl groups excluding tert-OH is 1. The summed E-state index contributed by atoms with van der Waals surface area (Å²) >= 11 is 0. The van der Waals surface area contributed by atoms with Crippen LogP contribution in [0.25, 0.3) is 0 Å². The van der Waals surface area contributed by atoms with E-state index in [-0.39, 0.29) is 12.5 Å². The van der Waals surface area contributed by atoms with E-state index in [1.165, 1.54) is 0 Å². The highest BCUT2D eigenvalue weighted by molar-refractivity contribution is 5.96. The summed E-state index contributed by atoms with van der Waals surface area (Å²) in [6.45, 7) is 2.13. The Kier molecular flexibility index (Phi) is 3.96. The number of hydrogen-bond donors (Lipinski definition) is 2. The minimum absolute atomic E-state index is 0.0222. The lowest BCUT2D eigenvalue weighted by molar-refractivity contribution is 0.0949. The van der Waals surface area contributed by atoms with Crippen LogP contribution in [0.15, 0.2) is 18.5 Å². The summed E-state index contributed by atoms with van der Waals surface area (Å²) in [6, 6.07) is 1.97. The van der Waals surface area contributed by atoms with Gasteiger partial charge in [-0.2, -0.15) is 0 Å². The van der Waals surface area contributed by atoms with Gasteiger partial charge in [0, 0.05) is 24.9 Å². The van der Waals surface area contributed by atoms with Crippen LogP contribution in [-0.4, -0.2) is 28.6 Å². The molecule has 18 heavy (non-hydrogen) atoms. The van der Waals surface area contributed by atoms with Gasteiger partial charge in [0.15, 0.2) is 0 Å². The molecule has 0 bridgehead atoms. The Balaban J connectivity index is 2.11. The van der Waals surface area contributed by atoms with Gasteiger partial charge in [-0.05, 0) is 18.4 Å². The highest BCUT2D eigenvalue weighted by Crippen LogP contribution is 2.29. The predicted molar refractivity (Wildman–Crippen MR) is 67.9 cm³/mol. The molecule has 1 aliphatic carbocycles. The molecule has 2 N–H and O–H groups in total. The Morgan fingerprint density at radius 1 is 1.67 bits per heavy atom. The number of hydrogen-bond acceptors (Lipinski definition) is 3. The van der Waals surface area contributed by atoms with Gasteiger partial charge in [-0.15, -0.1) is 0 Å². The van der Waals surface area contributed by atoms with E-state index in [0.717, 1.165) is 6.42 Å². The van der Waals surface area contributed by atoms with Crippen LogP contribution >= 0.6 is 0 Å². The number of pyridine rings is 1. The molecule has 2 unspecified atom stereocenters. The van der Waals surface area contributed by atoms with Crippen LogP contribution in [0.1, 0.15) is 35.7 Å².